The van der Waals surface area contributed by atoms with Crippen molar-refractivity contribution in [3.05, 3.63) is 138 Å². The van der Waals surface area contributed by atoms with E-state index in [2.05, 4.69) is 66.7 Å². The number of hydrogen-bond donors (Lipinski definition) is 0. The molecule has 0 N–H and O–H groups in total. The maximum absolute atomic E-state index is 11.9. The van der Waals surface area contributed by atoms with Crippen molar-refractivity contribution in [2.45, 2.75) is 0 Å². The third kappa shape index (κ3) is 3.20. The summed E-state index contributed by atoms with van der Waals surface area (Å²) in [5.74, 6) is 1.49. The van der Waals surface area contributed by atoms with Crippen LogP contribution in [-0.2, 0) is 0 Å². The van der Waals surface area contributed by atoms with E-state index in [4.69, 9.17) is 4.74 Å². The van der Waals surface area contributed by atoms with Crippen LogP contribution in [0.2, 0.25) is 0 Å². The Hall–Kier alpha value is -4.48. The van der Waals surface area contributed by atoms with Gasteiger partial charge in [-0.3, -0.25) is 10.1 Å². The number of nitro groups is 1. The molecule has 5 aromatic carbocycles. The third-order valence-corrected chi connectivity index (χ3v) is 11.5. The minimum atomic E-state index is -2.78. The van der Waals surface area contributed by atoms with Gasteiger partial charge in [-0.15, -0.1) is 0 Å². The van der Waals surface area contributed by atoms with E-state index in [1.165, 1.54) is 15.6 Å². The molecular formula is C30H21NO3Si. The average molecular weight is 472 g/mol. The van der Waals surface area contributed by atoms with Crippen LogP contribution in [0.4, 0.5) is 5.69 Å². The van der Waals surface area contributed by atoms with Gasteiger partial charge in [0, 0.05) is 11.6 Å². The molecule has 4 nitrogen and oxygen atoms in total. The van der Waals surface area contributed by atoms with Gasteiger partial charge in [-0.2, -0.15) is 0 Å². The van der Waals surface area contributed by atoms with Crippen LogP contribution >= 0.6 is 0 Å². The Morgan fingerprint density at radius 1 is 0.571 bits per heavy atom. The molecule has 0 bridgehead atoms. The Kier molecular flexibility index (Phi) is 5.05. The van der Waals surface area contributed by atoms with E-state index in [-0.39, 0.29) is 10.6 Å². The van der Waals surface area contributed by atoms with Crippen molar-refractivity contribution in [2.24, 2.45) is 0 Å². The Bertz CT molecular complexity index is 1510. The summed E-state index contributed by atoms with van der Waals surface area (Å²) in [6.07, 6.45) is 0. The zero-order valence-corrected chi connectivity index (χ0v) is 19.8. The first kappa shape index (κ1) is 21.1. The SMILES string of the molecule is O=[N+]([O-])c1ccccc1-c1cccc2c1Oc1ccccc1[Si]2(c1ccccc1)c1ccccc1. The summed E-state index contributed by atoms with van der Waals surface area (Å²) in [5, 5.41) is 16.6. The number of ether oxygens (including phenoxy) is 1. The average Bonchev–Trinajstić information content (AvgIpc) is 2.92. The topological polar surface area (TPSA) is 52.4 Å². The fourth-order valence-corrected chi connectivity index (χ4v) is 10.3. The van der Waals surface area contributed by atoms with Crippen molar-refractivity contribution < 1.29 is 9.66 Å². The highest BCUT2D eigenvalue weighted by Crippen LogP contribution is 2.40. The molecule has 0 amide bonds. The highest BCUT2D eigenvalue weighted by Gasteiger charge is 2.48. The smallest absolute Gasteiger partial charge is 0.277 e. The van der Waals surface area contributed by atoms with E-state index in [1.807, 2.05) is 42.5 Å². The summed E-state index contributed by atoms with van der Waals surface area (Å²) in [5.41, 5.74) is 1.35. The molecule has 1 aliphatic heterocycles. The Balaban J connectivity index is 1.76. The van der Waals surface area contributed by atoms with E-state index in [0.717, 1.165) is 16.5 Å². The number of rotatable bonds is 4. The second kappa shape index (κ2) is 8.38. The van der Waals surface area contributed by atoms with E-state index in [0.29, 0.717) is 11.3 Å². The molecule has 168 valence electrons. The van der Waals surface area contributed by atoms with Gasteiger partial charge in [-0.1, -0.05) is 109 Å². The van der Waals surface area contributed by atoms with Crippen LogP contribution in [-0.4, -0.2) is 13.0 Å². The lowest BCUT2D eigenvalue weighted by Gasteiger charge is -2.40. The molecule has 6 rings (SSSR count). The molecule has 0 atom stereocenters. The summed E-state index contributed by atoms with van der Waals surface area (Å²) in [4.78, 5) is 11.6. The Morgan fingerprint density at radius 3 is 1.80 bits per heavy atom. The van der Waals surface area contributed by atoms with Gasteiger partial charge in [0.15, 0.2) is 8.07 Å². The summed E-state index contributed by atoms with van der Waals surface area (Å²) >= 11 is 0. The summed E-state index contributed by atoms with van der Waals surface area (Å²) in [7, 11) is -2.78. The molecule has 35 heavy (non-hydrogen) atoms. The zero-order valence-electron chi connectivity index (χ0n) is 18.8. The molecule has 1 aliphatic rings. The lowest BCUT2D eigenvalue weighted by atomic mass is 10.0. The van der Waals surface area contributed by atoms with Gasteiger partial charge in [0.2, 0.25) is 0 Å². The van der Waals surface area contributed by atoms with Crippen LogP contribution < -0.4 is 25.5 Å². The van der Waals surface area contributed by atoms with E-state index in [9.17, 15) is 10.1 Å². The monoisotopic (exact) mass is 471 g/mol. The number of hydrogen-bond acceptors (Lipinski definition) is 3. The minimum Gasteiger partial charge on any atom is -0.457 e. The maximum atomic E-state index is 11.9. The lowest BCUT2D eigenvalue weighted by molar-refractivity contribution is -0.384. The standard InChI is InChI=1S/C30H21NO3Si/c32-31(33)26-18-8-7-16-24(26)25-17-11-21-29-30(25)34-27-19-9-10-20-28(27)35(29,22-12-3-1-4-13-22)23-14-5-2-6-15-23/h1-21H. The largest absolute Gasteiger partial charge is 0.457 e. The van der Waals surface area contributed by atoms with Crippen LogP contribution in [0.15, 0.2) is 127 Å². The van der Waals surface area contributed by atoms with Crippen molar-refractivity contribution in [3.63, 3.8) is 0 Å². The number of para-hydroxylation sites is 3. The van der Waals surface area contributed by atoms with Gasteiger partial charge in [0.05, 0.1) is 10.5 Å². The number of nitrogens with zero attached hydrogens (tertiary/aromatic N) is 1. The second-order valence-corrected chi connectivity index (χ2v) is 12.3. The third-order valence-electron chi connectivity index (χ3n) is 6.73. The highest BCUT2D eigenvalue weighted by atomic mass is 28.3. The maximum Gasteiger partial charge on any atom is 0.277 e. The van der Waals surface area contributed by atoms with Gasteiger partial charge in [0.1, 0.15) is 11.5 Å². The molecule has 0 unspecified atom stereocenters. The molecule has 0 fully saturated rings. The first-order valence-electron chi connectivity index (χ1n) is 11.5. The molecule has 5 heteroatoms. The van der Waals surface area contributed by atoms with Crippen LogP contribution in [0.25, 0.3) is 11.1 Å². The van der Waals surface area contributed by atoms with Gasteiger partial charge in [0.25, 0.3) is 5.69 Å². The zero-order chi connectivity index (χ0) is 23.8. The Labute approximate surface area is 204 Å². The first-order valence-corrected chi connectivity index (χ1v) is 13.5. The molecule has 0 saturated carbocycles. The van der Waals surface area contributed by atoms with Gasteiger partial charge in [-0.05, 0) is 32.9 Å². The minimum absolute atomic E-state index is 0.0649. The van der Waals surface area contributed by atoms with E-state index >= 15 is 0 Å². The molecular weight excluding hydrogens is 450 g/mol. The van der Waals surface area contributed by atoms with Crippen LogP contribution in [0.1, 0.15) is 0 Å². The molecule has 0 radical (unpaired) electrons. The normalized spacial score (nSPS) is 13.3. The molecule has 0 spiro atoms. The lowest BCUT2D eigenvalue weighted by Crippen LogP contribution is -2.76. The molecule has 1 heterocycles. The summed E-state index contributed by atoms with van der Waals surface area (Å²) < 4.78 is 6.61. The van der Waals surface area contributed by atoms with Crippen LogP contribution in [0.5, 0.6) is 11.5 Å². The molecule has 0 aromatic heterocycles. The van der Waals surface area contributed by atoms with Crippen molar-refractivity contribution in [3.8, 4) is 22.6 Å². The van der Waals surface area contributed by atoms with Gasteiger partial charge in [-0.25, -0.2) is 0 Å². The van der Waals surface area contributed by atoms with Crippen molar-refractivity contribution >= 4 is 34.5 Å². The predicted octanol–water partition coefficient (Wildman–Crippen LogP) is 4.74. The molecule has 0 aliphatic carbocycles. The fraction of sp³-hybridized carbons (Fsp3) is 0. The molecule has 0 saturated heterocycles. The predicted molar refractivity (Wildman–Crippen MR) is 142 cm³/mol. The Morgan fingerprint density at radius 2 is 1.11 bits per heavy atom. The van der Waals surface area contributed by atoms with E-state index < -0.39 is 8.07 Å². The quantitative estimate of drug-likeness (QED) is 0.212. The van der Waals surface area contributed by atoms with Gasteiger partial charge < -0.3 is 4.74 Å². The second-order valence-electron chi connectivity index (χ2n) is 8.54. The van der Waals surface area contributed by atoms with E-state index in [1.54, 1.807) is 18.2 Å². The first-order chi connectivity index (χ1) is 17.2. The summed E-state index contributed by atoms with van der Waals surface area (Å²) in [6, 6.07) is 42.3. The summed E-state index contributed by atoms with van der Waals surface area (Å²) in [6.45, 7) is 0. The number of fused-ring (bicyclic) bond motifs is 2. The van der Waals surface area contributed by atoms with Crippen LogP contribution in [0, 0.1) is 10.1 Å². The van der Waals surface area contributed by atoms with Crippen LogP contribution in [0.3, 0.4) is 0 Å². The van der Waals surface area contributed by atoms with Crippen molar-refractivity contribution in [2.75, 3.05) is 0 Å². The highest BCUT2D eigenvalue weighted by molar-refractivity contribution is 7.20. The van der Waals surface area contributed by atoms with Crippen molar-refractivity contribution in [1.29, 1.82) is 0 Å². The van der Waals surface area contributed by atoms with Gasteiger partial charge >= 0.3 is 0 Å². The number of benzene rings is 5. The molecule has 5 aromatic rings. The number of nitro benzene ring substituents is 1. The van der Waals surface area contributed by atoms with Crippen molar-refractivity contribution in [1.82, 2.24) is 0 Å². The fourth-order valence-electron chi connectivity index (χ4n) is 5.30.